The fraction of sp³-hybridized carbons (Fsp3) is 0.423. The first kappa shape index (κ1) is 29.2. The number of β-lactam (4-membered cyclic amide) rings is 1. The molecule has 10 nitrogen and oxygen atoms in total. The van der Waals surface area contributed by atoms with Crippen molar-refractivity contribution in [3.8, 4) is 0 Å². The maximum Gasteiger partial charge on any atom is 0.350 e. The van der Waals surface area contributed by atoms with E-state index in [9.17, 15) is 19.5 Å². The van der Waals surface area contributed by atoms with Gasteiger partial charge in [0.2, 0.25) is 5.60 Å². The van der Waals surface area contributed by atoms with Crippen molar-refractivity contribution in [3.63, 3.8) is 0 Å². The molecule has 38 heavy (non-hydrogen) atoms. The van der Waals surface area contributed by atoms with E-state index >= 15 is 0 Å². The van der Waals surface area contributed by atoms with Crippen molar-refractivity contribution in [2.24, 2.45) is 5.16 Å². The lowest BCUT2D eigenvalue weighted by Crippen LogP contribution is -2.77. The molecule has 0 bridgehead atoms. The topological polar surface area (TPSA) is 147 Å². The van der Waals surface area contributed by atoms with Gasteiger partial charge in [-0.25, -0.2) is 9.78 Å². The largest absolute Gasteiger partial charge is 0.478 e. The van der Waals surface area contributed by atoms with Crippen molar-refractivity contribution in [3.05, 3.63) is 59.3 Å². The number of nitrogen functional groups attached to an aromatic ring is 1. The molecule has 2 aliphatic rings. The molecule has 2 amide bonds. The number of anilines is 1. The molecule has 0 aromatic carbocycles. The summed E-state index contributed by atoms with van der Waals surface area (Å²) in [5.74, 6) is -1.43. The average Bonchev–Trinajstić information content (AvgIpc) is 3.30. The van der Waals surface area contributed by atoms with Crippen LogP contribution in [0.3, 0.4) is 0 Å². The van der Waals surface area contributed by atoms with E-state index in [1.54, 1.807) is 22.7 Å². The number of hydrogen-bond donors (Lipinski definition) is 3. The Morgan fingerprint density at radius 2 is 2.16 bits per heavy atom. The monoisotopic (exact) mass is 559 g/mol. The van der Waals surface area contributed by atoms with Gasteiger partial charge in [0.05, 0.1) is 0 Å². The van der Waals surface area contributed by atoms with Crippen LogP contribution in [-0.4, -0.2) is 60.8 Å². The zero-order chi connectivity index (χ0) is 28.1. The van der Waals surface area contributed by atoms with Gasteiger partial charge in [-0.15, -0.1) is 23.1 Å². The highest BCUT2D eigenvalue weighted by Gasteiger charge is 2.61. The summed E-state index contributed by atoms with van der Waals surface area (Å²) in [6.45, 7) is 10.2. The van der Waals surface area contributed by atoms with Gasteiger partial charge in [0, 0.05) is 16.8 Å². The van der Waals surface area contributed by atoms with Crippen molar-refractivity contribution < 1.29 is 24.3 Å². The van der Waals surface area contributed by atoms with Crippen molar-refractivity contribution in [1.82, 2.24) is 15.2 Å². The number of hydrogen-bond acceptors (Lipinski definition) is 9. The van der Waals surface area contributed by atoms with Gasteiger partial charge in [0.15, 0.2) is 10.8 Å². The van der Waals surface area contributed by atoms with E-state index in [1.165, 1.54) is 24.8 Å². The lowest BCUT2D eigenvalue weighted by atomic mass is 9.91. The Labute approximate surface area is 230 Å². The number of nitrogens with zero attached hydrogens (tertiary/aromatic N) is 3. The molecule has 1 aromatic heterocycles. The maximum atomic E-state index is 13.3. The van der Waals surface area contributed by atoms with Crippen LogP contribution in [0.5, 0.6) is 0 Å². The normalized spacial score (nSPS) is 22.0. The molecule has 4 N–H and O–H groups in total. The number of aliphatic carboxylic acids is 1. The van der Waals surface area contributed by atoms with Gasteiger partial charge in [-0.2, -0.15) is 0 Å². The zero-order valence-corrected chi connectivity index (χ0v) is 23.5. The number of oxime groups is 1. The van der Waals surface area contributed by atoms with E-state index < -0.39 is 28.4 Å². The molecule has 2 atom stereocenters. The Bertz CT molecular complexity index is 1230. The van der Waals surface area contributed by atoms with Crippen LogP contribution < -0.4 is 11.1 Å². The predicted octanol–water partition coefficient (Wildman–Crippen LogP) is 3.84. The molecular weight excluding hydrogens is 526 g/mol. The number of carbonyl (C=O) groups excluding carboxylic acids is 2. The van der Waals surface area contributed by atoms with Crippen LogP contribution in [0, 0.1) is 0 Å². The quantitative estimate of drug-likeness (QED) is 0.151. The highest BCUT2D eigenvalue weighted by molar-refractivity contribution is 8.01. The number of amides is 2. The number of aromatic nitrogens is 1. The Morgan fingerprint density at radius 1 is 1.42 bits per heavy atom. The van der Waals surface area contributed by atoms with Gasteiger partial charge < -0.3 is 21.0 Å². The van der Waals surface area contributed by atoms with E-state index in [4.69, 9.17) is 10.6 Å². The van der Waals surface area contributed by atoms with Gasteiger partial charge in [-0.05, 0) is 45.6 Å². The summed E-state index contributed by atoms with van der Waals surface area (Å²) >= 11 is 2.70. The second-order valence-electron chi connectivity index (χ2n) is 9.33. The third-order valence-corrected chi connectivity index (χ3v) is 8.41. The number of nitrogens with one attached hydrogen (secondary N) is 1. The summed E-state index contributed by atoms with van der Waals surface area (Å²) in [6.07, 6.45) is 11.9. The highest BCUT2D eigenvalue weighted by atomic mass is 32.2. The van der Waals surface area contributed by atoms with Crippen molar-refractivity contribution in [2.45, 2.75) is 63.5 Å². The average molecular weight is 560 g/mol. The first-order chi connectivity index (χ1) is 18.0. The highest BCUT2D eigenvalue weighted by Crippen LogP contribution is 2.50. The van der Waals surface area contributed by atoms with Crippen molar-refractivity contribution >= 4 is 51.7 Å². The van der Waals surface area contributed by atoms with Gasteiger partial charge in [0.1, 0.15) is 16.6 Å². The minimum Gasteiger partial charge on any atom is -0.478 e. The number of fused-ring (bicyclic) bond motifs is 1. The molecule has 3 rings (SSSR count). The first-order valence-electron chi connectivity index (χ1n) is 12.1. The molecule has 204 valence electrons. The van der Waals surface area contributed by atoms with Gasteiger partial charge in [-0.1, -0.05) is 49.0 Å². The summed E-state index contributed by atoms with van der Waals surface area (Å²) in [5, 5.41) is 17.7. The summed E-state index contributed by atoms with van der Waals surface area (Å²) in [7, 11) is 0. The fourth-order valence-electron chi connectivity index (χ4n) is 4.06. The second-order valence-corrected chi connectivity index (χ2v) is 11.6. The number of nitrogens with two attached hydrogens (primary N) is 1. The second kappa shape index (κ2) is 12.0. The van der Waals surface area contributed by atoms with Crippen LogP contribution in [0.1, 0.15) is 52.7 Å². The van der Waals surface area contributed by atoms with Crippen LogP contribution in [-0.2, 0) is 19.2 Å². The molecule has 2 aliphatic heterocycles. The Hall–Kier alpha value is -3.38. The van der Waals surface area contributed by atoms with Crippen LogP contribution >= 0.6 is 23.1 Å². The number of thiazole rings is 1. The molecule has 12 heteroatoms. The molecule has 1 fully saturated rings. The molecule has 0 saturated carbocycles. The van der Waals surface area contributed by atoms with Crippen LogP contribution in [0.2, 0.25) is 0 Å². The summed E-state index contributed by atoms with van der Waals surface area (Å²) in [5.41, 5.74) is 6.12. The lowest BCUT2D eigenvalue weighted by molar-refractivity contribution is -0.161. The molecule has 1 saturated heterocycles. The number of carbonyl (C=O) groups is 3. The number of allylic oxidation sites excluding steroid dienone is 6. The van der Waals surface area contributed by atoms with E-state index in [0.717, 1.165) is 35.6 Å². The lowest BCUT2D eigenvalue weighted by Gasteiger charge is -2.58. The standard InChI is InChI=1S/C26H33N5O5S2/c1-6-8-9-10-11-12-13-16-14-38-26(5)20(22(33)31(26)18(16)7-2)29-21(32)19(17-15-37-24(27)28-17)30-36-25(3,4)23(34)35/h6,8-11,15,20H,1,7,12-14H2,2-5H3,(H2,27,28)(H,29,32)(H,34,35)/b9-8-,11-10-,30-19-/t20-,26?/m1/s1. The van der Waals surface area contributed by atoms with Crippen molar-refractivity contribution in [2.75, 3.05) is 11.5 Å². The first-order valence-corrected chi connectivity index (χ1v) is 14.0. The Morgan fingerprint density at radius 3 is 2.76 bits per heavy atom. The van der Waals surface area contributed by atoms with Gasteiger partial charge in [-0.3, -0.25) is 14.5 Å². The SMILES string of the molecule is C=C/C=C\C=C/CCC1=C(CC)N2C(=O)[C@@H](NC(=O)/C(=N\OC(C)(C)C(=O)O)c3csc(N)n3)C2(C)SC1. The van der Waals surface area contributed by atoms with Crippen molar-refractivity contribution in [1.29, 1.82) is 0 Å². The number of carboxylic acids is 1. The molecule has 3 heterocycles. The third kappa shape index (κ3) is 6.02. The van der Waals surface area contributed by atoms with Crippen LogP contribution in [0.15, 0.2) is 58.8 Å². The van der Waals surface area contributed by atoms with E-state index in [0.29, 0.717) is 6.42 Å². The minimum absolute atomic E-state index is 0.128. The summed E-state index contributed by atoms with van der Waals surface area (Å²) < 4.78 is 0. The minimum atomic E-state index is -1.68. The number of carboxylic acid groups (broad SMARTS) is 1. The molecular formula is C26H33N5O5S2. The Balaban J connectivity index is 1.79. The molecule has 0 radical (unpaired) electrons. The zero-order valence-electron chi connectivity index (χ0n) is 21.9. The molecule has 0 spiro atoms. The number of rotatable bonds is 12. The van der Waals surface area contributed by atoms with E-state index in [2.05, 4.69) is 28.1 Å². The smallest absolute Gasteiger partial charge is 0.350 e. The number of thioether (sulfide) groups is 1. The molecule has 1 aromatic rings. The van der Waals surface area contributed by atoms with E-state index in [-0.39, 0.29) is 22.4 Å². The summed E-state index contributed by atoms with van der Waals surface area (Å²) in [6, 6.07) is -0.805. The predicted molar refractivity (Wildman–Crippen MR) is 151 cm³/mol. The Kier molecular flexibility index (Phi) is 9.21. The van der Waals surface area contributed by atoms with Gasteiger partial charge in [0.25, 0.3) is 11.8 Å². The third-order valence-electron chi connectivity index (χ3n) is 6.24. The molecule has 0 aliphatic carbocycles. The van der Waals surface area contributed by atoms with Gasteiger partial charge >= 0.3 is 5.97 Å². The van der Waals surface area contributed by atoms with E-state index in [1.807, 2.05) is 32.1 Å². The fourth-order valence-corrected chi connectivity index (χ4v) is 6.04. The summed E-state index contributed by atoms with van der Waals surface area (Å²) in [4.78, 5) is 48.4. The van der Waals surface area contributed by atoms with Crippen LogP contribution in [0.25, 0.3) is 0 Å². The van der Waals surface area contributed by atoms with Crippen LogP contribution in [0.4, 0.5) is 5.13 Å². The molecule has 1 unspecified atom stereocenters. The maximum absolute atomic E-state index is 13.3.